The minimum absolute atomic E-state index is 2.14. The fraction of sp³-hybridized carbons (Fsp3) is 0.333. The van der Waals surface area contributed by atoms with Crippen LogP contribution in [0.3, 0.4) is 0 Å². The van der Waals surface area contributed by atoms with Crippen molar-refractivity contribution in [3.63, 3.8) is 0 Å². The Hall–Kier alpha value is -0.990. The van der Waals surface area contributed by atoms with Crippen LogP contribution in [0.25, 0.3) is 0 Å². The molecule has 0 atom stereocenters. The molecule has 15 heavy (non-hydrogen) atoms. The molecule has 0 aliphatic rings. The van der Waals surface area contributed by atoms with Crippen LogP contribution in [0.15, 0.2) is 22.0 Å². The minimum Gasteiger partial charge on any atom is -0.243 e. The molecule has 0 saturated carbocycles. The topological polar surface area (TPSA) is 34.1 Å². The summed E-state index contributed by atoms with van der Waals surface area (Å²) in [5.74, 6) is -4.84. The summed E-state index contributed by atoms with van der Waals surface area (Å²) in [5, 5.41) is -5.63. The summed E-state index contributed by atoms with van der Waals surface area (Å²) < 4.78 is 93.1. The molecule has 2 nitrogen and oxygen atoms in total. The van der Waals surface area contributed by atoms with E-state index in [1.54, 1.807) is 0 Å². The van der Waals surface area contributed by atoms with E-state index in [0.29, 0.717) is 0 Å². The zero-order chi connectivity index (χ0) is 12.2. The van der Waals surface area contributed by atoms with Crippen molar-refractivity contribution in [1.29, 1.82) is 0 Å². The fourth-order valence-corrected chi connectivity index (χ4v) is 1.32. The molecule has 0 fully saturated rings. The number of halogens is 6. The van der Waals surface area contributed by atoms with Gasteiger partial charge in [0.2, 0.25) is 0 Å². The van der Waals surface area contributed by atoms with Gasteiger partial charge in [0.1, 0.15) is 13.3 Å². The highest BCUT2D eigenvalue weighted by atomic mass is 32.2. The monoisotopic (exact) mass is 254 g/mol. The van der Waals surface area contributed by atoms with Gasteiger partial charge in [-0.05, 0) is 0 Å². The van der Waals surface area contributed by atoms with E-state index in [1.165, 1.54) is 0 Å². The van der Waals surface area contributed by atoms with Crippen molar-refractivity contribution >= 4 is 9.84 Å². The fourth-order valence-electron chi connectivity index (χ4n) is 0.475. The Balaban J connectivity index is 5.57. The van der Waals surface area contributed by atoms with Crippen LogP contribution < -0.4 is 0 Å². The normalized spacial score (nSPS) is 15.9. The largest absolute Gasteiger partial charge is 0.265 e. The van der Waals surface area contributed by atoms with Crippen LogP contribution in [0.2, 0.25) is 0 Å². The van der Waals surface area contributed by atoms with Crippen LogP contribution in [-0.4, -0.2) is 21.8 Å². The van der Waals surface area contributed by atoms with Crippen LogP contribution in [0, 0.1) is 0 Å². The molecule has 0 rings (SSSR count). The van der Waals surface area contributed by atoms with Gasteiger partial charge < -0.3 is 0 Å². The number of alkyl halides is 2. The summed E-state index contributed by atoms with van der Waals surface area (Å²) in [6, 6.07) is 0. The molecule has 0 aromatic heterocycles. The number of sulfone groups is 1. The van der Waals surface area contributed by atoms with Crippen molar-refractivity contribution in [3.05, 3.63) is 22.0 Å². The van der Waals surface area contributed by atoms with E-state index >= 15 is 0 Å². The van der Waals surface area contributed by atoms with Gasteiger partial charge in [-0.15, -0.1) is 0 Å². The molecule has 0 saturated heterocycles. The number of hydrogen-bond acceptors (Lipinski definition) is 2. The van der Waals surface area contributed by atoms with Crippen LogP contribution in [0.4, 0.5) is 26.3 Å². The minimum atomic E-state index is -5.77. The van der Waals surface area contributed by atoms with Crippen molar-refractivity contribution in [3.8, 4) is 0 Å². The molecular weight excluding hydrogens is 250 g/mol. The van der Waals surface area contributed by atoms with Gasteiger partial charge in [0.15, 0.2) is 11.7 Å². The molecule has 0 bridgehead atoms. The van der Waals surface area contributed by atoms with Crippen LogP contribution in [0.1, 0.15) is 0 Å². The van der Waals surface area contributed by atoms with E-state index in [9.17, 15) is 34.8 Å². The zero-order valence-corrected chi connectivity index (χ0v) is 7.72. The third-order valence-electron chi connectivity index (χ3n) is 1.13. The maximum absolute atomic E-state index is 12.4. The lowest BCUT2D eigenvalue weighted by atomic mass is 10.7. The predicted octanol–water partition coefficient (Wildman–Crippen LogP) is 2.56. The molecule has 0 aromatic rings. The summed E-state index contributed by atoms with van der Waals surface area (Å²) in [7, 11) is -5.77. The lowest BCUT2D eigenvalue weighted by molar-refractivity contribution is 0.428. The molecule has 0 aliphatic carbocycles. The molecule has 0 spiro atoms. The quantitative estimate of drug-likeness (QED) is 0.722. The third-order valence-corrected chi connectivity index (χ3v) is 2.52. The highest BCUT2D eigenvalue weighted by Gasteiger charge is 2.31. The summed E-state index contributed by atoms with van der Waals surface area (Å²) in [6.07, 6.45) is 0. The standard InChI is InChI=1S/C6H4F6O2S/c7-1-3(9)5(11)15(13,14)6(12)4(10)2-8/h1-2H2/b5-3+,6-4+. The highest BCUT2D eigenvalue weighted by Crippen LogP contribution is 2.26. The first-order valence-corrected chi connectivity index (χ1v) is 4.72. The predicted molar refractivity (Wildman–Crippen MR) is 39.4 cm³/mol. The van der Waals surface area contributed by atoms with Gasteiger partial charge in [0.05, 0.1) is 0 Å². The van der Waals surface area contributed by atoms with E-state index in [0.717, 1.165) is 0 Å². The molecule has 88 valence electrons. The Labute approximate surface area is 80.8 Å². The molecule has 0 radical (unpaired) electrons. The molecular formula is C6H4F6O2S. The smallest absolute Gasteiger partial charge is 0.243 e. The van der Waals surface area contributed by atoms with Crippen LogP contribution in [-0.2, 0) is 9.84 Å². The molecule has 0 N–H and O–H groups in total. The van der Waals surface area contributed by atoms with Crippen LogP contribution in [0.5, 0.6) is 0 Å². The Morgan fingerprint density at radius 1 is 0.800 bits per heavy atom. The van der Waals surface area contributed by atoms with Crippen molar-refractivity contribution in [2.24, 2.45) is 0 Å². The van der Waals surface area contributed by atoms with Gasteiger partial charge in [-0.3, -0.25) is 0 Å². The SMILES string of the molecule is O=S(=O)(/C(F)=C(/F)CF)/C(F)=C(/F)CF. The number of allylic oxidation sites excluding steroid dienone is 2. The molecule has 0 heterocycles. The summed E-state index contributed by atoms with van der Waals surface area (Å²) >= 11 is 0. The third kappa shape index (κ3) is 2.98. The average Bonchev–Trinajstić information content (AvgIpc) is 2.24. The average molecular weight is 254 g/mol. The second kappa shape index (κ2) is 5.19. The molecule has 0 unspecified atom stereocenters. The van der Waals surface area contributed by atoms with E-state index in [1.807, 2.05) is 0 Å². The lowest BCUT2D eigenvalue weighted by Crippen LogP contribution is -2.05. The first-order valence-electron chi connectivity index (χ1n) is 3.24. The van der Waals surface area contributed by atoms with Crippen molar-refractivity contribution in [2.75, 3.05) is 13.3 Å². The molecule has 0 aromatic carbocycles. The Morgan fingerprint density at radius 3 is 1.27 bits per heavy atom. The van der Waals surface area contributed by atoms with E-state index < -0.39 is 45.2 Å². The van der Waals surface area contributed by atoms with Gasteiger partial charge >= 0.3 is 0 Å². The van der Waals surface area contributed by atoms with Crippen molar-refractivity contribution in [1.82, 2.24) is 0 Å². The van der Waals surface area contributed by atoms with E-state index in [-0.39, 0.29) is 0 Å². The van der Waals surface area contributed by atoms with E-state index in [2.05, 4.69) is 0 Å². The number of rotatable bonds is 4. The van der Waals surface area contributed by atoms with Gasteiger partial charge in [-0.25, -0.2) is 26.0 Å². The molecule has 9 heteroatoms. The van der Waals surface area contributed by atoms with Gasteiger partial charge in [0, 0.05) is 0 Å². The van der Waals surface area contributed by atoms with Crippen molar-refractivity contribution < 1.29 is 34.8 Å². The van der Waals surface area contributed by atoms with E-state index in [4.69, 9.17) is 0 Å². The zero-order valence-electron chi connectivity index (χ0n) is 6.91. The summed E-state index contributed by atoms with van der Waals surface area (Å²) in [4.78, 5) is 0. The second-order valence-electron chi connectivity index (χ2n) is 2.13. The maximum atomic E-state index is 12.4. The molecule has 0 aliphatic heterocycles. The Kier molecular flexibility index (Phi) is 4.85. The maximum Gasteiger partial charge on any atom is 0.265 e. The lowest BCUT2D eigenvalue weighted by Gasteiger charge is -1.99. The Bertz CT molecular complexity index is 364. The van der Waals surface area contributed by atoms with Gasteiger partial charge in [0.25, 0.3) is 20.2 Å². The summed E-state index contributed by atoms with van der Waals surface area (Å²) in [5.41, 5.74) is 0. The first kappa shape index (κ1) is 14.0. The number of hydrogen-bond donors (Lipinski definition) is 0. The van der Waals surface area contributed by atoms with Gasteiger partial charge in [-0.1, -0.05) is 0 Å². The highest BCUT2D eigenvalue weighted by molar-refractivity contribution is 7.98. The summed E-state index contributed by atoms with van der Waals surface area (Å²) in [6.45, 7) is -4.29. The molecule has 0 amide bonds. The van der Waals surface area contributed by atoms with Crippen molar-refractivity contribution in [2.45, 2.75) is 0 Å². The first-order chi connectivity index (χ1) is 6.78. The van der Waals surface area contributed by atoms with Crippen LogP contribution >= 0.6 is 0 Å². The Morgan fingerprint density at radius 2 is 1.07 bits per heavy atom. The van der Waals surface area contributed by atoms with Gasteiger partial charge in [-0.2, -0.15) is 8.78 Å². The second-order valence-corrected chi connectivity index (χ2v) is 3.85.